The van der Waals surface area contributed by atoms with E-state index in [0.717, 1.165) is 28.3 Å². The predicted molar refractivity (Wildman–Crippen MR) is 168 cm³/mol. The Morgan fingerprint density at radius 1 is 0.957 bits per heavy atom. The minimum atomic E-state index is -4.67. The van der Waals surface area contributed by atoms with Crippen molar-refractivity contribution in [2.75, 3.05) is 42.1 Å². The van der Waals surface area contributed by atoms with Crippen LogP contribution in [0.4, 0.5) is 29.3 Å². The van der Waals surface area contributed by atoms with Gasteiger partial charge in [-0.25, -0.2) is 18.1 Å². The molecule has 0 bridgehead atoms. The first-order valence-corrected chi connectivity index (χ1v) is 16.5. The Hall–Kier alpha value is -4.92. The lowest BCUT2D eigenvalue weighted by atomic mass is 10.0. The average Bonchev–Trinajstić information content (AvgIpc) is 3.31. The van der Waals surface area contributed by atoms with Crippen LogP contribution in [0.3, 0.4) is 0 Å². The van der Waals surface area contributed by atoms with Crippen molar-refractivity contribution in [1.29, 1.82) is 0 Å². The van der Waals surface area contributed by atoms with Crippen LogP contribution in [-0.2, 0) is 20.8 Å². The zero-order chi connectivity index (χ0) is 34.1. The second-order valence-corrected chi connectivity index (χ2v) is 13.4. The summed E-state index contributed by atoms with van der Waals surface area (Å²) in [6, 6.07) is 9.79. The van der Waals surface area contributed by atoms with Crippen molar-refractivity contribution in [3.63, 3.8) is 0 Å². The molecule has 248 valence electrons. The summed E-state index contributed by atoms with van der Waals surface area (Å²) in [6.07, 6.45) is 0.105. The summed E-state index contributed by atoms with van der Waals surface area (Å²) >= 11 is 0. The van der Waals surface area contributed by atoms with Crippen molar-refractivity contribution >= 4 is 44.1 Å². The minimum absolute atomic E-state index is 0.0122. The number of pyridine rings is 2. The molecule has 47 heavy (non-hydrogen) atoms. The summed E-state index contributed by atoms with van der Waals surface area (Å²) in [6.45, 7) is 3.51. The number of benzene rings is 2. The Morgan fingerprint density at radius 3 is 2.40 bits per heavy atom. The second kappa shape index (κ2) is 13.1. The van der Waals surface area contributed by atoms with E-state index < -0.39 is 40.1 Å². The number of rotatable bonds is 11. The summed E-state index contributed by atoms with van der Waals surface area (Å²) in [5.41, 5.74) is 0.239. The highest BCUT2D eigenvalue weighted by Gasteiger charge is 2.40. The molecule has 3 heterocycles. The molecule has 0 aliphatic carbocycles. The van der Waals surface area contributed by atoms with Gasteiger partial charge in [-0.05, 0) is 54.3 Å². The fourth-order valence-corrected chi connectivity index (χ4v) is 5.66. The lowest BCUT2D eigenvalue weighted by molar-refractivity contribution is -0.137. The monoisotopic (exact) mass is 672 g/mol. The van der Waals surface area contributed by atoms with Gasteiger partial charge in [0, 0.05) is 30.1 Å². The Morgan fingerprint density at radius 2 is 1.72 bits per heavy atom. The van der Waals surface area contributed by atoms with Gasteiger partial charge in [0.15, 0.2) is 11.5 Å². The molecule has 1 saturated heterocycles. The van der Waals surface area contributed by atoms with E-state index in [0.29, 0.717) is 52.1 Å². The number of fused-ring (bicyclic) bond motifs is 1. The summed E-state index contributed by atoms with van der Waals surface area (Å²) < 4.78 is 80.3. The average molecular weight is 673 g/mol. The van der Waals surface area contributed by atoms with Crippen LogP contribution in [0, 0.1) is 0 Å². The zero-order valence-electron chi connectivity index (χ0n) is 25.9. The van der Waals surface area contributed by atoms with Gasteiger partial charge in [0.25, 0.3) is 5.91 Å². The van der Waals surface area contributed by atoms with Crippen LogP contribution < -0.4 is 24.0 Å². The lowest BCUT2D eigenvalue weighted by Crippen LogP contribution is -2.33. The number of ether oxygens (including phenoxy) is 3. The smallest absolute Gasteiger partial charge is 0.417 e. The zero-order valence-corrected chi connectivity index (χ0v) is 26.7. The van der Waals surface area contributed by atoms with Crippen LogP contribution in [0.5, 0.6) is 23.0 Å². The van der Waals surface area contributed by atoms with Crippen LogP contribution in [-0.4, -0.2) is 62.6 Å². The molecular weight excluding hydrogens is 641 g/mol. The molecule has 2 aromatic carbocycles. The third-order valence-corrected chi connectivity index (χ3v) is 8.36. The van der Waals surface area contributed by atoms with Crippen molar-refractivity contribution in [1.82, 2.24) is 9.97 Å². The molecule has 0 spiro atoms. The number of alkyl halides is 3. The molecule has 1 aliphatic heterocycles. The van der Waals surface area contributed by atoms with Crippen LogP contribution in [0.15, 0.2) is 61.1 Å². The largest absolute Gasteiger partial charge is 0.493 e. The van der Waals surface area contributed by atoms with E-state index in [2.05, 4.69) is 9.97 Å². The van der Waals surface area contributed by atoms with Crippen molar-refractivity contribution in [2.24, 2.45) is 0 Å². The number of hydrogen-bond donors (Lipinski definition) is 0. The summed E-state index contributed by atoms with van der Waals surface area (Å²) in [5.74, 6) is 0.897. The molecule has 15 heteroatoms. The Balaban J connectivity index is 1.41. The first kappa shape index (κ1) is 33.4. The van der Waals surface area contributed by atoms with Crippen LogP contribution in [0.1, 0.15) is 37.3 Å². The molecule has 1 fully saturated rings. The van der Waals surface area contributed by atoms with Gasteiger partial charge in [0.1, 0.15) is 27.9 Å². The molecule has 1 aliphatic rings. The van der Waals surface area contributed by atoms with E-state index in [9.17, 15) is 31.2 Å². The quantitative estimate of drug-likeness (QED) is 0.132. The number of halogens is 3. The topological polar surface area (TPSA) is 128 Å². The van der Waals surface area contributed by atoms with Crippen molar-refractivity contribution < 1.29 is 45.4 Å². The molecule has 0 atom stereocenters. The summed E-state index contributed by atoms with van der Waals surface area (Å²) in [4.78, 5) is 36.2. The minimum Gasteiger partial charge on any atom is -0.493 e. The normalized spacial score (nSPS) is 14.0. The molecule has 0 N–H and O–H groups in total. The molecular formula is C32H31F3N4O7S. The lowest BCUT2D eigenvalue weighted by Gasteiger charge is -2.21. The highest BCUT2D eigenvalue weighted by molar-refractivity contribution is 7.90. The van der Waals surface area contributed by atoms with E-state index in [-0.39, 0.29) is 29.7 Å². The first-order valence-electron chi connectivity index (χ1n) is 14.4. The van der Waals surface area contributed by atoms with Crippen molar-refractivity contribution in [2.45, 2.75) is 32.4 Å². The van der Waals surface area contributed by atoms with E-state index in [1.165, 1.54) is 13.2 Å². The number of nitrogens with zero attached hydrogens (tertiary/aromatic N) is 4. The van der Waals surface area contributed by atoms with Crippen LogP contribution in [0.25, 0.3) is 10.9 Å². The number of anilines is 2. The predicted octanol–water partition coefficient (Wildman–Crippen LogP) is 6.36. The number of hydrogen-bond acceptors (Lipinski definition) is 9. The van der Waals surface area contributed by atoms with Gasteiger partial charge < -0.3 is 14.2 Å². The Labute approximate surface area is 268 Å². The third-order valence-electron chi connectivity index (χ3n) is 7.33. The number of aromatic nitrogens is 2. The number of carbonyl (C=O) groups excluding carboxylic acids is 2. The maximum atomic E-state index is 13.3. The maximum absolute atomic E-state index is 13.3. The van der Waals surface area contributed by atoms with Gasteiger partial charge in [0.2, 0.25) is 0 Å². The summed E-state index contributed by atoms with van der Waals surface area (Å²) in [5, 5.41) is 0.599. The van der Waals surface area contributed by atoms with Gasteiger partial charge in [-0.3, -0.25) is 19.7 Å². The fraction of sp³-hybridized carbons (Fsp3) is 0.312. The van der Waals surface area contributed by atoms with E-state index >= 15 is 0 Å². The molecule has 0 unspecified atom stereocenters. The SMILES string of the molecule is COc1cc2c(Oc3ccc(N4C(=O)CN(c5cncc(C(F)(F)F)c5)C4=O)cc3C(C)C)ccnc2cc1OCCCS(C)(=O)=O. The highest BCUT2D eigenvalue weighted by Crippen LogP contribution is 2.40. The molecule has 4 aromatic rings. The van der Waals surface area contributed by atoms with Gasteiger partial charge in [-0.2, -0.15) is 13.2 Å². The third kappa shape index (κ3) is 7.40. The number of amides is 3. The number of sulfone groups is 1. The summed E-state index contributed by atoms with van der Waals surface area (Å²) in [7, 11) is -1.65. The van der Waals surface area contributed by atoms with Gasteiger partial charge >= 0.3 is 12.2 Å². The van der Waals surface area contributed by atoms with Crippen molar-refractivity contribution in [3.8, 4) is 23.0 Å². The van der Waals surface area contributed by atoms with Gasteiger partial charge in [-0.1, -0.05) is 13.8 Å². The van der Waals surface area contributed by atoms with Crippen LogP contribution in [0.2, 0.25) is 0 Å². The van der Waals surface area contributed by atoms with Gasteiger partial charge in [-0.15, -0.1) is 0 Å². The molecule has 11 nitrogen and oxygen atoms in total. The number of imide groups is 1. The first-order chi connectivity index (χ1) is 22.2. The number of methoxy groups -OCH3 is 1. The molecule has 3 amide bonds. The Kier molecular flexibility index (Phi) is 9.29. The van der Waals surface area contributed by atoms with Crippen molar-refractivity contribution in [3.05, 3.63) is 72.2 Å². The van der Waals surface area contributed by atoms with E-state index in [1.807, 2.05) is 13.8 Å². The number of urea groups is 1. The number of carbonyl (C=O) groups is 2. The second-order valence-electron chi connectivity index (χ2n) is 11.2. The van der Waals surface area contributed by atoms with E-state index in [1.54, 1.807) is 36.5 Å². The Bertz CT molecular complexity index is 1950. The molecule has 2 aromatic heterocycles. The maximum Gasteiger partial charge on any atom is 0.417 e. The van der Waals surface area contributed by atoms with E-state index in [4.69, 9.17) is 14.2 Å². The van der Waals surface area contributed by atoms with Crippen LogP contribution >= 0.6 is 0 Å². The molecule has 0 radical (unpaired) electrons. The highest BCUT2D eigenvalue weighted by atomic mass is 32.2. The van der Waals surface area contributed by atoms with Gasteiger partial charge in [0.05, 0.1) is 48.1 Å². The standard InChI is InChI=1S/C32H31F3N4O7S/c1-19(2)23-13-21(39-30(40)18-38(31(39)41)22-12-20(16-36-17-22)32(33,34)35)6-7-26(23)46-27-8-9-37-25-15-29(28(44-3)14-24(25)27)45-10-5-11-47(4,42)43/h6-9,12-17,19H,5,10-11,18H2,1-4H3. The molecule has 5 rings (SSSR count). The molecule has 0 saturated carbocycles. The fourth-order valence-electron chi connectivity index (χ4n) is 5.02.